The Morgan fingerprint density at radius 1 is 1.00 bits per heavy atom. The van der Waals surface area contributed by atoms with Crippen LogP contribution in [0.25, 0.3) is 5.57 Å². The SMILES string of the molecule is Cc1ccc(C2=C(N3CCCC(C)C3)C(=O)N(c3ccccc3Cl)C2=O)cc1C. The van der Waals surface area contributed by atoms with Crippen molar-refractivity contribution in [2.24, 2.45) is 5.92 Å². The van der Waals surface area contributed by atoms with Crippen LogP contribution in [0.1, 0.15) is 36.5 Å². The number of piperidine rings is 1. The first-order valence-electron chi connectivity index (χ1n) is 10.1. The number of anilines is 1. The summed E-state index contributed by atoms with van der Waals surface area (Å²) in [7, 11) is 0. The number of amides is 2. The Labute approximate surface area is 176 Å². The van der Waals surface area contributed by atoms with Crippen molar-refractivity contribution in [2.75, 3.05) is 18.0 Å². The standard InChI is InChI=1S/C24H25ClN2O2/c1-15-7-6-12-26(14-15)22-21(18-11-10-16(2)17(3)13-18)23(28)27(24(22)29)20-9-5-4-8-19(20)25/h4-5,8-11,13,15H,6-7,12,14H2,1-3H3. The number of benzene rings is 2. The maximum absolute atomic E-state index is 13.6. The molecule has 0 radical (unpaired) electrons. The van der Waals surface area contributed by atoms with Crippen molar-refractivity contribution in [3.05, 3.63) is 69.9 Å². The van der Waals surface area contributed by atoms with Gasteiger partial charge in [0.1, 0.15) is 5.70 Å². The number of nitrogens with zero attached hydrogens (tertiary/aromatic N) is 2. The molecule has 29 heavy (non-hydrogen) atoms. The molecule has 1 fully saturated rings. The lowest BCUT2D eigenvalue weighted by molar-refractivity contribution is -0.120. The molecule has 0 aromatic heterocycles. The third-order valence-electron chi connectivity index (χ3n) is 5.92. The van der Waals surface area contributed by atoms with E-state index in [2.05, 4.69) is 11.8 Å². The van der Waals surface area contributed by atoms with E-state index in [1.807, 2.05) is 32.0 Å². The van der Waals surface area contributed by atoms with Gasteiger partial charge in [-0.3, -0.25) is 9.59 Å². The number of para-hydroxylation sites is 1. The molecule has 2 heterocycles. The molecular formula is C24H25ClN2O2. The maximum Gasteiger partial charge on any atom is 0.282 e. The van der Waals surface area contributed by atoms with E-state index in [-0.39, 0.29) is 11.8 Å². The maximum atomic E-state index is 13.6. The summed E-state index contributed by atoms with van der Waals surface area (Å²) in [6.45, 7) is 7.81. The highest BCUT2D eigenvalue weighted by Gasteiger charge is 2.43. The molecule has 0 saturated carbocycles. The van der Waals surface area contributed by atoms with Crippen LogP contribution in [0.5, 0.6) is 0 Å². The zero-order chi connectivity index (χ0) is 20.7. The summed E-state index contributed by atoms with van der Waals surface area (Å²) in [6, 6.07) is 12.9. The Morgan fingerprint density at radius 2 is 1.76 bits per heavy atom. The highest BCUT2D eigenvalue weighted by atomic mass is 35.5. The summed E-state index contributed by atoms with van der Waals surface area (Å²) in [6.07, 6.45) is 2.15. The van der Waals surface area contributed by atoms with E-state index in [4.69, 9.17) is 11.6 Å². The van der Waals surface area contributed by atoms with Gasteiger partial charge in [-0.1, -0.05) is 48.9 Å². The summed E-state index contributed by atoms with van der Waals surface area (Å²) in [4.78, 5) is 30.4. The molecule has 0 spiro atoms. The van der Waals surface area contributed by atoms with E-state index in [1.54, 1.807) is 24.3 Å². The van der Waals surface area contributed by atoms with Gasteiger partial charge in [-0.25, -0.2) is 4.90 Å². The minimum atomic E-state index is -0.306. The monoisotopic (exact) mass is 408 g/mol. The van der Waals surface area contributed by atoms with Gasteiger partial charge in [0.2, 0.25) is 0 Å². The second kappa shape index (κ2) is 7.68. The van der Waals surface area contributed by atoms with Crippen LogP contribution < -0.4 is 4.90 Å². The number of aryl methyl sites for hydroxylation is 2. The molecule has 1 atom stereocenters. The summed E-state index contributed by atoms with van der Waals surface area (Å²) in [5.74, 6) is -0.112. The zero-order valence-electron chi connectivity index (χ0n) is 17.0. The Kier molecular flexibility index (Phi) is 5.22. The van der Waals surface area contributed by atoms with Gasteiger partial charge >= 0.3 is 0 Å². The fourth-order valence-electron chi connectivity index (χ4n) is 4.21. The molecule has 150 valence electrons. The minimum absolute atomic E-state index is 0.287. The van der Waals surface area contributed by atoms with Crippen LogP contribution in [0.15, 0.2) is 48.2 Å². The third kappa shape index (κ3) is 3.46. The molecule has 0 N–H and O–H groups in total. The number of carbonyl (C=O) groups excluding carboxylic acids is 2. The first-order chi connectivity index (χ1) is 13.9. The van der Waals surface area contributed by atoms with Gasteiger partial charge in [0, 0.05) is 13.1 Å². The van der Waals surface area contributed by atoms with Gasteiger partial charge in [-0.2, -0.15) is 0 Å². The van der Waals surface area contributed by atoms with Crippen LogP contribution in [0, 0.1) is 19.8 Å². The van der Waals surface area contributed by atoms with Crippen LogP contribution in [-0.4, -0.2) is 29.8 Å². The molecule has 0 aliphatic carbocycles. The molecule has 4 nitrogen and oxygen atoms in total. The van der Waals surface area contributed by atoms with Crippen molar-refractivity contribution in [3.63, 3.8) is 0 Å². The molecular weight excluding hydrogens is 384 g/mol. The van der Waals surface area contributed by atoms with Crippen LogP contribution in [0.3, 0.4) is 0 Å². The van der Waals surface area contributed by atoms with Crippen LogP contribution in [0.4, 0.5) is 5.69 Å². The first-order valence-corrected chi connectivity index (χ1v) is 10.5. The third-order valence-corrected chi connectivity index (χ3v) is 6.24. The average Bonchev–Trinajstić information content (AvgIpc) is 2.95. The van der Waals surface area contributed by atoms with Gasteiger partial charge in [-0.15, -0.1) is 0 Å². The second-order valence-electron chi connectivity index (χ2n) is 8.11. The van der Waals surface area contributed by atoms with Crippen molar-refractivity contribution in [3.8, 4) is 0 Å². The Bertz CT molecular complexity index is 1030. The van der Waals surface area contributed by atoms with Gasteiger partial charge in [0.05, 0.1) is 16.3 Å². The lowest BCUT2D eigenvalue weighted by atomic mass is 9.96. The van der Waals surface area contributed by atoms with Gasteiger partial charge in [-0.05, 0) is 61.4 Å². The normalized spacial score (nSPS) is 20.1. The predicted octanol–water partition coefficient (Wildman–Crippen LogP) is 4.97. The van der Waals surface area contributed by atoms with E-state index < -0.39 is 0 Å². The fraction of sp³-hybridized carbons (Fsp3) is 0.333. The number of rotatable bonds is 3. The van der Waals surface area contributed by atoms with Crippen LogP contribution in [-0.2, 0) is 9.59 Å². The summed E-state index contributed by atoms with van der Waals surface area (Å²) < 4.78 is 0. The van der Waals surface area contributed by atoms with Crippen LogP contribution in [0.2, 0.25) is 5.02 Å². The smallest absolute Gasteiger partial charge is 0.282 e. The average molecular weight is 409 g/mol. The molecule has 4 rings (SSSR count). The first kappa shape index (κ1) is 19.7. The number of hydrogen-bond donors (Lipinski definition) is 0. The zero-order valence-corrected chi connectivity index (χ0v) is 17.8. The van der Waals surface area contributed by atoms with E-state index in [0.29, 0.717) is 27.9 Å². The number of halogens is 1. The van der Waals surface area contributed by atoms with Crippen molar-refractivity contribution in [1.82, 2.24) is 4.90 Å². The van der Waals surface area contributed by atoms with Gasteiger partial charge in [0.15, 0.2) is 0 Å². The van der Waals surface area contributed by atoms with Crippen molar-refractivity contribution in [1.29, 1.82) is 0 Å². The number of likely N-dealkylation sites (tertiary alicyclic amines) is 1. The Morgan fingerprint density at radius 3 is 2.45 bits per heavy atom. The number of imide groups is 1. The summed E-state index contributed by atoms with van der Waals surface area (Å²) in [5.41, 5.74) is 4.46. The lowest BCUT2D eigenvalue weighted by Gasteiger charge is -2.33. The summed E-state index contributed by atoms with van der Waals surface area (Å²) in [5, 5.41) is 0.391. The molecule has 2 amide bonds. The molecule has 1 unspecified atom stereocenters. The lowest BCUT2D eigenvalue weighted by Crippen LogP contribution is -2.39. The second-order valence-corrected chi connectivity index (χ2v) is 8.52. The number of carbonyl (C=O) groups is 2. The molecule has 2 aliphatic rings. The molecule has 0 bridgehead atoms. The van der Waals surface area contributed by atoms with E-state index in [0.717, 1.165) is 42.6 Å². The van der Waals surface area contributed by atoms with E-state index in [1.165, 1.54) is 4.90 Å². The largest absolute Gasteiger partial charge is 0.366 e. The quantitative estimate of drug-likeness (QED) is 0.673. The van der Waals surface area contributed by atoms with Crippen LogP contribution >= 0.6 is 11.6 Å². The van der Waals surface area contributed by atoms with Crippen molar-refractivity contribution < 1.29 is 9.59 Å². The molecule has 2 aromatic carbocycles. The minimum Gasteiger partial charge on any atom is -0.366 e. The Balaban J connectivity index is 1.87. The highest BCUT2D eigenvalue weighted by Crippen LogP contribution is 2.38. The van der Waals surface area contributed by atoms with Gasteiger partial charge in [0.25, 0.3) is 11.8 Å². The fourth-order valence-corrected chi connectivity index (χ4v) is 4.43. The Hall–Kier alpha value is -2.59. The predicted molar refractivity (Wildman–Crippen MR) is 117 cm³/mol. The molecule has 5 heteroatoms. The highest BCUT2D eigenvalue weighted by molar-refractivity contribution is 6.47. The molecule has 1 saturated heterocycles. The van der Waals surface area contributed by atoms with Gasteiger partial charge < -0.3 is 4.90 Å². The molecule has 2 aliphatic heterocycles. The van der Waals surface area contributed by atoms with E-state index >= 15 is 0 Å². The van der Waals surface area contributed by atoms with E-state index in [9.17, 15) is 9.59 Å². The molecule has 2 aromatic rings. The van der Waals surface area contributed by atoms with Crippen molar-refractivity contribution >= 4 is 34.7 Å². The summed E-state index contributed by atoms with van der Waals surface area (Å²) >= 11 is 6.35. The number of hydrogen-bond acceptors (Lipinski definition) is 3. The topological polar surface area (TPSA) is 40.6 Å². The van der Waals surface area contributed by atoms with Crippen molar-refractivity contribution in [2.45, 2.75) is 33.6 Å².